The molecule has 0 spiro atoms. The lowest BCUT2D eigenvalue weighted by atomic mass is 9.69. The van der Waals surface area contributed by atoms with E-state index in [1.165, 1.54) is 23.3 Å². The third-order valence-corrected chi connectivity index (χ3v) is 7.89. The Morgan fingerprint density at radius 1 is 1.27 bits per heavy atom. The third-order valence-electron chi connectivity index (χ3n) is 6.69. The maximum absolute atomic E-state index is 5.24. The van der Waals surface area contributed by atoms with E-state index in [2.05, 4.69) is 41.3 Å². The Bertz CT molecular complexity index is 1070. The van der Waals surface area contributed by atoms with Crippen LogP contribution < -0.4 is 10.2 Å². The summed E-state index contributed by atoms with van der Waals surface area (Å²) in [6.07, 6.45) is 6.32. The summed E-state index contributed by atoms with van der Waals surface area (Å²) in [4.78, 5) is 11.6. The van der Waals surface area contributed by atoms with Crippen LogP contribution in [0.15, 0.2) is 35.7 Å². The van der Waals surface area contributed by atoms with Gasteiger partial charge in [0.1, 0.15) is 16.9 Å². The van der Waals surface area contributed by atoms with Crippen molar-refractivity contribution in [3.63, 3.8) is 0 Å². The highest BCUT2D eigenvalue weighted by Crippen LogP contribution is 2.45. The summed E-state index contributed by atoms with van der Waals surface area (Å²) < 4.78 is 5.24. The molecule has 2 aromatic heterocycles. The normalized spacial score (nSPS) is 17.1. The molecule has 1 aromatic carbocycles. The SMILES string of the molecule is CCC(C)(C)C1CCc2sc3ncnc(N/N=C(/C)c4ccc(OC)cc4)c3c2C1. The van der Waals surface area contributed by atoms with Gasteiger partial charge in [-0.2, -0.15) is 5.10 Å². The summed E-state index contributed by atoms with van der Waals surface area (Å²) in [7, 11) is 1.67. The van der Waals surface area contributed by atoms with E-state index in [4.69, 9.17) is 4.74 Å². The number of rotatable bonds is 6. The molecule has 30 heavy (non-hydrogen) atoms. The number of anilines is 1. The number of hydrogen-bond donors (Lipinski definition) is 1. The summed E-state index contributed by atoms with van der Waals surface area (Å²) in [6.45, 7) is 9.09. The quantitative estimate of drug-likeness (QED) is 0.386. The van der Waals surface area contributed by atoms with Gasteiger partial charge in [0.15, 0.2) is 5.82 Å². The van der Waals surface area contributed by atoms with E-state index >= 15 is 0 Å². The first-order valence-corrected chi connectivity index (χ1v) is 11.4. The molecule has 3 aromatic rings. The molecule has 2 heterocycles. The first kappa shape index (κ1) is 20.8. The molecule has 1 aliphatic carbocycles. The van der Waals surface area contributed by atoms with Gasteiger partial charge in [0.2, 0.25) is 0 Å². The Morgan fingerprint density at radius 2 is 2.03 bits per heavy atom. The Kier molecular flexibility index (Phi) is 5.78. The number of hydrazone groups is 1. The molecule has 1 aliphatic rings. The van der Waals surface area contributed by atoms with Gasteiger partial charge in [0.05, 0.1) is 18.2 Å². The fourth-order valence-corrected chi connectivity index (χ4v) is 5.37. The maximum atomic E-state index is 5.24. The fraction of sp³-hybridized carbons (Fsp3) is 0.458. The number of benzene rings is 1. The predicted octanol–water partition coefficient (Wildman–Crippen LogP) is 6.08. The van der Waals surface area contributed by atoms with E-state index in [0.29, 0.717) is 11.3 Å². The van der Waals surface area contributed by atoms with Gasteiger partial charge in [0, 0.05) is 4.88 Å². The second-order valence-electron chi connectivity index (χ2n) is 8.73. The first-order chi connectivity index (χ1) is 14.4. The number of hydrogen-bond acceptors (Lipinski definition) is 6. The Morgan fingerprint density at radius 3 is 2.73 bits per heavy atom. The van der Waals surface area contributed by atoms with Crippen LogP contribution in [0.2, 0.25) is 0 Å². The summed E-state index contributed by atoms with van der Waals surface area (Å²) in [6, 6.07) is 7.92. The molecule has 1 unspecified atom stereocenters. The standard InChI is InChI=1S/C24H30N4OS/c1-6-24(3,4)17-9-12-20-19(13-17)21-22(25-14-26-23(21)30-20)28-27-15(2)16-7-10-18(29-5)11-8-16/h7-8,10-11,14,17H,6,9,12-13H2,1-5H3,(H,25,26,28)/b27-15-. The van der Waals surface area contributed by atoms with Crippen LogP contribution in [-0.4, -0.2) is 22.8 Å². The zero-order valence-electron chi connectivity index (χ0n) is 18.5. The van der Waals surface area contributed by atoms with Crippen molar-refractivity contribution in [1.82, 2.24) is 9.97 Å². The van der Waals surface area contributed by atoms with Crippen LogP contribution in [0, 0.1) is 11.3 Å². The maximum Gasteiger partial charge on any atom is 0.158 e. The van der Waals surface area contributed by atoms with Crippen molar-refractivity contribution in [2.75, 3.05) is 12.5 Å². The Hall–Kier alpha value is -2.47. The average molecular weight is 423 g/mol. The first-order valence-electron chi connectivity index (χ1n) is 10.6. The van der Waals surface area contributed by atoms with Crippen molar-refractivity contribution in [3.8, 4) is 5.75 Å². The number of ether oxygens (including phenoxy) is 1. The molecule has 0 radical (unpaired) electrons. The highest BCUT2D eigenvalue weighted by molar-refractivity contribution is 7.19. The van der Waals surface area contributed by atoms with E-state index in [-0.39, 0.29) is 0 Å². The summed E-state index contributed by atoms with van der Waals surface area (Å²) >= 11 is 1.82. The van der Waals surface area contributed by atoms with Crippen LogP contribution in [0.5, 0.6) is 5.75 Å². The predicted molar refractivity (Wildman–Crippen MR) is 126 cm³/mol. The molecule has 6 heteroatoms. The van der Waals surface area contributed by atoms with Crippen LogP contribution in [0.3, 0.4) is 0 Å². The van der Waals surface area contributed by atoms with Crippen molar-refractivity contribution in [1.29, 1.82) is 0 Å². The molecule has 0 aliphatic heterocycles. The molecular weight excluding hydrogens is 392 g/mol. The largest absolute Gasteiger partial charge is 0.497 e. The van der Waals surface area contributed by atoms with Crippen molar-refractivity contribution < 1.29 is 4.74 Å². The number of thiophene rings is 1. The molecule has 4 rings (SSSR count). The van der Waals surface area contributed by atoms with E-state index in [9.17, 15) is 0 Å². The summed E-state index contributed by atoms with van der Waals surface area (Å²) in [5.74, 6) is 2.33. The van der Waals surface area contributed by atoms with Gasteiger partial charge in [-0.25, -0.2) is 9.97 Å². The second kappa shape index (κ2) is 8.34. The van der Waals surface area contributed by atoms with Gasteiger partial charge in [-0.1, -0.05) is 27.2 Å². The van der Waals surface area contributed by atoms with Crippen LogP contribution >= 0.6 is 11.3 Å². The molecule has 0 saturated heterocycles. The van der Waals surface area contributed by atoms with Gasteiger partial charge in [-0.05, 0) is 72.9 Å². The van der Waals surface area contributed by atoms with Gasteiger partial charge < -0.3 is 4.74 Å². The van der Waals surface area contributed by atoms with Crippen molar-refractivity contribution in [2.24, 2.45) is 16.4 Å². The Balaban J connectivity index is 1.64. The van der Waals surface area contributed by atoms with Crippen molar-refractivity contribution in [3.05, 3.63) is 46.6 Å². The van der Waals surface area contributed by atoms with Gasteiger partial charge in [-0.15, -0.1) is 11.3 Å². The lowest BCUT2D eigenvalue weighted by Gasteiger charge is -2.36. The Labute approximate surface area is 182 Å². The minimum atomic E-state index is 0.346. The van der Waals surface area contributed by atoms with Crippen molar-refractivity contribution >= 4 is 33.1 Å². The number of fused-ring (bicyclic) bond motifs is 3. The topological polar surface area (TPSA) is 59.4 Å². The van der Waals surface area contributed by atoms with E-state index < -0.39 is 0 Å². The van der Waals surface area contributed by atoms with E-state index in [1.807, 2.05) is 42.5 Å². The molecule has 158 valence electrons. The highest BCUT2D eigenvalue weighted by Gasteiger charge is 2.33. The molecule has 1 atom stereocenters. The molecule has 5 nitrogen and oxygen atoms in total. The third kappa shape index (κ3) is 3.93. The van der Waals surface area contributed by atoms with Crippen LogP contribution in [0.1, 0.15) is 56.5 Å². The molecule has 0 bridgehead atoms. The number of nitrogens with one attached hydrogen (secondary N) is 1. The highest BCUT2D eigenvalue weighted by atomic mass is 32.1. The van der Waals surface area contributed by atoms with Gasteiger partial charge in [0.25, 0.3) is 0 Å². The van der Waals surface area contributed by atoms with Gasteiger partial charge in [-0.3, -0.25) is 5.43 Å². The number of nitrogens with zero attached hydrogens (tertiary/aromatic N) is 3. The average Bonchev–Trinajstić information content (AvgIpc) is 3.16. The van der Waals surface area contributed by atoms with Crippen LogP contribution in [0.4, 0.5) is 5.82 Å². The van der Waals surface area contributed by atoms with Crippen molar-refractivity contribution in [2.45, 2.75) is 53.4 Å². The lowest BCUT2D eigenvalue weighted by molar-refractivity contribution is 0.184. The van der Waals surface area contributed by atoms with Crippen LogP contribution in [0.25, 0.3) is 10.2 Å². The summed E-state index contributed by atoms with van der Waals surface area (Å²) in [5.41, 5.74) is 6.95. The monoisotopic (exact) mass is 422 g/mol. The molecule has 0 fully saturated rings. The summed E-state index contributed by atoms with van der Waals surface area (Å²) in [5, 5.41) is 5.78. The number of aryl methyl sites for hydroxylation is 1. The number of aromatic nitrogens is 2. The zero-order chi connectivity index (χ0) is 21.3. The smallest absolute Gasteiger partial charge is 0.158 e. The second-order valence-corrected chi connectivity index (χ2v) is 9.81. The van der Waals surface area contributed by atoms with E-state index in [0.717, 1.165) is 45.9 Å². The molecule has 1 N–H and O–H groups in total. The lowest BCUT2D eigenvalue weighted by Crippen LogP contribution is -2.28. The molecular formula is C24H30N4OS. The molecule has 0 amide bonds. The minimum Gasteiger partial charge on any atom is -0.497 e. The van der Waals surface area contributed by atoms with E-state index in [1.54, 1.807) is 13.4 Å². The fourth-order valence-electron chi connectivity index (χ4n) is 4.18. The molecule has 0 saturated carbocycles. The minimum absolute atomic E-state index is 0.346. The van der Waals surface area contributed by atoms with Crippen LogP contribution in [-0.2, 0) is 12.8 Å². The number of methoxy groups -OCH3 is 1. The van der Waals surface area contributed by atoms with Gasteiger partial charge >= 0.3 is 0 Å². The zero-order valence-corrected chi connectivity index (χ0v) is 19.3.